The molecule has 0 saturated heterocycles. The monoisotopic (exact) mass is 275 g/mol. The Morgan fingerprint density at radius 3 is 2.65 bits per heavy atom. The fourth-order valence-corrected chi connectivity index (χ4v) is 3.37. The number of nitrogens with zero attached hydrogens (tertiary/aromatic N) is 1. The number of hydrogen-bond acceptors (Lipinski definition) is 2. The van der Waals surface area contributed by atoms with E-state index in [-0.39, 0.29) is 11.6 Å². The van der Waals surface area contributed by atoms with Gasteiger partial charge in [0.25, 0.3) is 0 Å². The van der Waals surface area contributed by atoms with Gasteiger partial charge in [-0.1, -0.05) is 38.5 Å². The predicted octanol–water partition coefficient (Wildman–Crippen LogP) is 4.40. The summed E-state index contributed by atoms with van der Waals surface area (Å²) in [6.45, 7) is 8.81. The quantitative estimate of drug-likeness (QED) is 0.818. The zero-order valence-corrected chi connectivity index (χ0v) is 13.0. The van der Waals surface area contributed by atoms with Crippen molar-refractivity contribution in [3.8, 4) is 0 Å². The second-order valence-corrected chi connectivity index (χ2v) is 5.68. The highest BCUT2D eigenvalue weighted by atomic mass is 16.6. The molecule has 0 saturated carbocycles. The minimum absolute atomic E-state index is 0.171. The van der Waals surface area contributed by atoms with E-state index in [1.54, 1.807) is 0 Å². The zero-order valence-electron chi connectivity index (χ0n) is 13.0. The normalized spacial score (nSPS) is 25.2. The highest BCUT2D eigenvalue weighted by molar-refractivity contribution is 5.91. The number of carbonyl (C=O) groups excluding carboxylic acids is 1. The smallest absolute Gasteiger partial charge is 0.414 e. The van der Waals surface area contributed by atoms with E-state index < -0.39 is 0 Å². The predicted molar refractivity (Wildman–Crippen MR) is 82.1 cm³/mol. The Morgan fingerprint density at radius 2 is 2.05 bits per heavy atom. The summed E-state index contributed by atoms with van der Waals surface area (Å²) in [6.07, 6.45) is 2.81. The largest absolute Gasteiger partial charge is 0.449 e. The van der Waals surface area contributed by atoms with Crippen LogP contribution in [-0.2, 0) is 11.2 Å². The summed E-state index contributed by atoms with van der Waals surface area (Å²) in [4.78, 5) is 14.4. The Balaban J connectivity index is 2.53. The van der Waals surface area contributed by atoms with Gasteiger partial charge in [0.15, 0.2) is 0 Å². The molecule has 1 aliphatic rings. The number of para-hydroxylation sites is 1. The van der Waals surface area contributed by atoms with Gasteiger partial charge in [0.2, 0.25) is 0 Å². The molecule has 0 spiro atoms. The van der Waals surface area contributed by atoms with E-state index in [9.17, 15) is 4.79 Å². The van der Waals surface area contributed by atoms with Gasteiger partial charge in [0.1, 0.15) is 0 Å². The van der Waals surface area contributed by atoms with Crippen LogP contribution in [0, 0.1) is 5.92 Å². The molecule has 20 heavy (non-hydrogen) atoms. The summed E-state index contributed by atoms with van der Waals surface area (Å²) < 4.78 is 5.32. The molecule has 2 unspecified atom stereocenters. The first-order valence-electron chi connectivity index (χ1n) is 7.63. The standard InChI is InChI=1S/C17H25NO2/c1-5-14-12-13-10-8-9-11-15(13)18(16(19)20-7-3)17(14,4)6-2/h8-11,14H,5-7,12H2,1-4H3. The van der Waals surface area contributed by atoms with Gasteiger partial charge >= 0.3 is 6.09 Å². The van der Waals surface area contributed by atoms with Gasteiger partial charge in [-0.15, -0.1) is 0 Å². The first-order chi connectivity index (χ1) is 9.58. The van der Waals surface area contributed by atoms with E-state index in [2.05, 4.69) is 26.8 Å². The Morgan fingerprint density at radius 1 is 1.35 bits per heavy atom. The van der Waals surface area contributed by atoms with E-state index in [0.29, 0.717) is 12.5 Å². The molecule has 1 aromatic rings. The van der Waals surface area contributed by atoms with Crippen molar-refractivity contribution < 1.29 is 9.53 Å². The van der Waals surface area contributed by atoms with Crippen LogP contribution >= 0.6 is 0 Å². The van der Waals surface area contributed by atoms with Crippen LogP contribution in [0.1, 0.15) is 46.1 Å². The average molecular weight is 275 g/mol. The lowest BCUT2D eigenvalue weighted by molar-refractivity contribution is 0.139. The zero-order chi connectivity index (χ0) is 14.8. The molecule has 0 N–H and O–H groups in total. The third-order valence-electron chi connectivity index (χ3n) is 4.75. The van der Waals surface area contributed by atoms with Crippen LogP contribution in [0.4, 0.5) is 10.5 Å². The van der Waals surface area contributed by atoms with Gasteiger partial charge in [-0.2, -0.15) is 0 Å². The molecule has 3 nitrogen and oxygen atoms in total. The molecule has 3 heteroatoms. The molecule has 0 radical (unpaired) electrons. The van der Waals surface area contributed by atoms with Crippen molar-refractivity contribution in [1.82, 2.24) is 0 Å². The van der Waals surface area contributed by atoms with Crippen molar-refractivity contribution in [2.24, 2.45) is 5.92 Å². The topological polar surface area (TPSA) is 29.5 Å². The molecular formula is C17H25NO2. The maximum absolute atomic E-state index is 12.5. The summed E-state index contributed by atoms with van der Waals surface area (Å²) in [6, 6.07) is 8.20. The maximum Gasteiger partial charge on any atom is 0.414 e. The second kappa shape index (κ2) is 5.86. The van der Waals surface area contributed by atoms with Gasteiger partial charge in [-0.05, 0) is 44.2 Å². The summed E-state index contributed by atoms with van der Waals surface area (Å²) in [5.74, 6) is 0.465. The SMILES string of the molecule is CCOC(=O)N1c2ccccc2CC(CC)C1(C)CC. The number of ether oxygens (including phenoxy) is 1. The minimum Gasteiger partial charge on any atom is -0.449 e. The summed E-state index contributed by atoms with van der Waals surface area (Å²) in [5.41, 5.74) is 2.09. The van der Waals surface area contributed by atoms with Crippen molar-refractivity contribution >= 4 is 11.8 Å². The molecule has 2 atom stereocenters. The number of rotatable bonds is 3. The van der Waals surface area contributed by atoms with Gasteiger partial charge in [-0.25, -0.2) is 4.79 Å². The summed E-state index contributed by atoms with van der Waals surface area (Å²) in [7, 11) is 0. The van der Waals surface area contributed by atoms with Gasteiger partial charge in [0, 0.05) is 0 Å². The highest BCUT2D eigenvalue weighted by Gasteiger charge is 2.45. The van der Waals surface area contributed by atoms with Crippen molar-refractivity contribution in [2.45, 2.75) is 52.5 Å². The summed E-state index contributed by atoms with van der Waals surface area (Å²) >= 11 is 0. The Kier molecular flexibility index (Phi) is 4.36. The number of amides is 1. The lowest BCUT2D eigenvalue weighted by Gasteiger charge is -2.49. The fourth-order valence-electron chi connectivity index (χ4n) is 3.37. The van der Waals surface area contributed by atoms with Crippen LogP contribution in [0.3, 0.4) is 0 Å². The molecular weight excluding hydrogens is 250 g/mol. The molecule has 1 amide bonds. The van der Waals surface area contributed by atoms with Crippen LogP contribution in [0.15, 0.2) is 24.3 Å². The van der Waals surface area contributed by atoms with Gasteiger partial charge < -0.3 is 4.74 Å². The number of fused-ring (bicyclic) bond motifs is 1. The second-order valence-electron chi connectivity index (χ2n) is 5.68. The van der Waals surface area contributed by atoms with Gasteiger partial charge in [0.05, 0.1) is 17.8 Å². The maximum atomic E-state index is 12.5. The van der Waals surface area contributed by atoms with Crippen molar-refractivity contribution in [2.75, 3.05) is 11.5 Å². The van der Waals surface area contributed by atoms with Crippen LogP contribution in [0.2, 0.25) is 0 Å². The van der Waals surface area contributed by atoms with E-state index in [1.807, 2.05) is 30.0 Å². The van der Waals surface area contributed by atoms with E-state index in [1.165, 1.54) is 5.56 Å². The molecule has 2 rings (SSSR count). The number of anilines is 1. The number of benzene rings is 1. The summed E-state index contributed by atoms with van der Waals surface area (Å²) in [5, 5.41) is 0. The third kappa shape index (κ3) is 2.30. The van der Waals surface area contributed by atoms with E-state index >= 15 is 0 Å². The molecule has 1 heterocycles. The highest BCUT2D eigenvalue weighted by Crippen LogP contribution is 2.43. The van der Waals surface area contributed by atoms with Crippen LogP contribution in [0.5, 0.6) is 0 Å². The van der Waals surface area contributed by atoms with Crippen molar-refractivity contribution in [1.29, 1.82) is 0 Å². The number of hydrogen-bond donors (Lipinski definition) is 0. The Bertz CT molecular complexity index is 486. The molecule has 0 bridgehead atoms. The molecule has 0 aliphatic carbocycles. The molecule has 110 valence electrons. The lowest BCUT2D eigenvalue weighted by atomic mass is 9.73. The molecule has 0 fully saturated rings. The lowest BCUT2D eigenvalue weighted by Crippen LogP contribution is -2.57. The van der Waals surface area contributed by atoms with Crippen LogP contribution in [0.25, 0.3) is 0 Å². The van der Waals surface area contributed by atoms with Crippen LogP contribution in [-0.4, -0.2) is 18.2 Å². The molecule has 1 aromatic carbocycles. The first-order valence-corrected chi connectivity index (χ1v) is 7.63. The van der Waals surface area contributed by atoms with Crippen molar-refractivity contribution in [3.05, 3.63) is 29.8 Å². The van der Waals surface area contributed by atoms with Crippen molar-refractivity contribution in [3.63, 3.8) is 0 Å². The fraction of sp³-hybridized carbons (Fsp3) is 0.588. The Hall–Kier alpha value is -1.51. The molecule has 0 aromatic heterocycles. The van der Waals surface area contributed by atoms with Gasteiger partial charge in [-0.3, -0.25) is 4.90 Å². The van der Waals surface area contributed by atoms with E-state index in [0.717, 1.165) is 24.9 Å². The minimum atomic E-state index is -0.220. The average Bonchev–Trinajstić information content (AvgIpc) is 2.46. The third-order valence-corrected chi connectivity index (χ3v) is 4.75. The molecule has 1 aliphatic heterocycles. The first kappa shape index (κ1) is 14.9. The number of carbonyl (C=O) groups is 1. The Labute approximate surface area is 121 Å². The van der Waals surface area contributed by atoms with Crippen LogP contribution < -0.4 is 4.90 Å². The van der Waals surface area contributed by atoms with E-state index in [4.69, 9.17) is 4.74 Å².